The zero-order valence-corrected chi connectivity index (χ0v) is 18.7. The van der Waals surface area contributed by atoms with Crippen molar-refractivity contribution in [3.8, 4) is 16.9 Å². The zero-order chi connectivity index (χ0) is 23.3. The van der Waals surface area contributed by atoms with Crippen molar-refractivity contribution in [3.05, 3.63) is 59.3 Å². The van der Waals surface area contributed by atoms with Crippen LogP contribution in [0.25, 0.3) is 16.9 Å². The molecule has 0 fully saturated rings. The molecule has 5 N–H and O–H groups in total. The first-order valence-corrected chi connectivity index (χ1v) is 12.9. The maximum absolute atomic E-state index is 12.1. The molecule has 1 amide bonds. The number of primary amides is 1. The number of fused-ring (bicyclic) bond motifs is 3. The second kappa shape index (κ2) is 7.73. The van der Waals surface area contributed by atoms with Crippen molar-refractivity contribution < 1.29 is 21.6 Å². The van der Waals surface area contributed by atoms with Crippen LogP contribution in [0, 0.1) is 0 Å². The van der Waals surface area contributed by atoms with Gasteiger partial charge in [-0.15, -0.1) is 0 Å². The van der Waals surface area contributed by atoms with E-state index in [1.165, 1.54) is 35.9 Å². The third-order valence-electron chi connectivity index (χ3n) is 5.29. The number of aryl methyl sites for hydroxylation is 1. The molecule has 0 atom stereocenters. The largest absolute Gasteiger partial charge is 0.364 e. The Bertz CT molecular complexity index is 1440. The van der Waals surface area contributed by atoms with E-state index in [1.807, 2.05) is 6.07 Å². The second-order valence-corrected chi connectivity index (χ2v) is 10.9. The molecule has 12 heteroatoms. The van der Waals surface area contributed by atoms with Crippen LogP contribution in [-0.4, -0.2) is 38.3 Å². The van der Waals surface area contributed by atoms with Crippen molar-refractivity contribution in [1.29, 1.82) is 0 Å². The molecule has 1 heterocycles. The Hall–Kier alpha value is -3.22. The molecule has 10 nitrogen and oxygen atoms in total. The van der Waals surface area contributed by atoms with Gasteiger partial charge in [-0.25, -0.2) is 26.7 Å². The van der Waals surface area contributed by atoms with E-state index in [0.717, 1.165) is 5.56 Å². The molecule has 168 valence electrons. The fraction of sp³-hybridized carbons (Fsp3) is 0.200. The Balaban J connectivity index is 1.91. The number of nitrogens with two attached hydrogens (primary N) is 2. The molecule has 0 bridgehead atoms. The van der Waals surface area contributed by atoms with E-state index >= 15 is 0 Å². The summed E-state index contributed by atoms with van der Waals surface area (Å²) in [6, 6.07) is 11.0. The number of nitrogens with zero attached hydrogens (tertiary/aromatic N) is 2. The van der Waals surface area contributed by atoms with E-state index in [-0.39, 0.29) is 16.3 Å². The number of hydrogen-bond acceptors (Lipinski definition) is 6. The van der Waals surface area contributed by atoms with Crippen LogP contribution < -0.4 is 15.6 Å². The molecule has 32 heavy (non-hydrogen) atoms. The first-order valence-electron chi connectivity index (χ1n) is 9.69. The number of aromatic nitrogens is 2. The number of amides is 1. The Labute approximate surface area is 185 Å². The van der Waals surface area contributed by atoms with Gasteiger partial charge < -0.3 is 5.73 Å². The highest BCUT2D eigenvalue weighted by Crippen LogP contribution is 2.38. The van der Waals surface area contributed by atoms with Crippen LogP contribution in [0.2, 0.25) is 0 Å². The van der Waals surface area contributed by atoms with E-state index in [9.17, 15) is 21.6 Å². The molecule has 2 aromatic carbocycles. The van der Waals surface area contributed by atoms with Gasteiger partial charge in [0, 0.05) is 16.8 Å². The average molecular weight is 476 g/mol. The number of carbonyl (C=O) groups is 1. The topological polar surface area (TPSA) is 167 Å². The fourth-order valence-corrected chi connectivity index (χ4v) is 4.86. The van der Waals surface area contributed by atoms with Gasteiger partial charge in [-0.2, -0.15) is 5.10 Å². The highest BCUT2D eigenvalue weighted by Gasteiger charge is 2.28. The van der Waals surface area contributed by atoms with E-state index in [2.05, 4.69) is 9.82 Å². The highest BCUT2D eigenvalue weighted by molar-refractivity contribution is 7.92. The van der Waals surface area contributed by atoms with Crippen LogP contribution in [0.15, 0.2) is 47.4 Å². The quantitative estimate of drug-likeness (QED) is 0.483. The minimum atomic E-state index is -3.87. The van der Waals surface area contributed by atoms with Crippen LogP contribution >= 0.6 is 0 Å². The van der Waals surface area contributed by atoms with Crippen molar-refractivity contribution in [2.45, 2.75) is 24.7 Å². The second-order valence-electron chi connectivity index (χ2n) is 7.37. The van der Waals surface area contributed by atoms with Crippen LogP contribution in [0.1, 0.15) is 28.5 Å². The minimum Gasteiger partial charge on any atom is -0.364 e. The van der Waals surface area contributed by atoms with Crippen molar-refractivity contribution in [2.75, 3.05) is 10.5 Å². The van der Waals surface area contributed by atoms with Gasteiger partial charge in [0.25, 0.3) is 5.91 Å². The molecule has 3 aromatic rings. The summed E-state index contributed by atoms with van der Waals surface area (Å²) in [5.41, 5.74) is 9.46. The third kappa shape index (κ3) is 3.99. The molecule has 4 rings (SSSR count). The summed E-state index contributed by atoms with van der Waals surface area (Å²) < 4.78 is 51.3. The lowest BCUT2D eigenvalue weighted by molar-refractivity contribution is 0.0994. The molecule has 0 aliphatic heterocycles. The summed E-state index contributed by atoms with van der Waals surface area (Å²) in [5.74, 6) is -0.761. The zero-order valence-electron chi connectivity index (χ0n) is 17.1. The van der Waals surface area contributed by atoms with Crippen LogP contribution in [0.3, 0.4) is 0 Å². The molecule has 0 radical (unpaired) electrons. The number of rotatable bonds is 6. The summed E-state index contributed by atoms with van der Waals surface area (Å²) in [5, 5.41) is 9.57. The summed E-state index contributed by atoms with van der Waals surface area (Å²) >= 11 is 0. The number of benzene rings is 2. The number of nitrogens with one attached hydrogen (secondary N) is 1. The Morgan fingerprint density at radius 2 is 1.78 bits per heavy atom. The predicted octanol–water partition coefficient (Wildman–Crippen LogP) is 1.15. The SMILES string of the molecule is CCS(=O)(=O)Nc1ccc2c(c1)-c1c(c(C(N)=O)nn1-c1ccc(S(N)(=O)=O)cc1)CC2. The number of anilines is 1. The molecular weight excluding hydrogens is 454 g/mol. The number of carbonyl (C=O) groups excluding carboxylic acids is 1. The van der Waals surface area contributed by atoms with Crippen LogP contribution in [0.4, 0.5) is 5.69 Å². The van der Waals surface area contributed by atoms with Gasteiger partial charge in [0.2, 0.25) is 20.0 Å². The van der Waals surface area contributed by atoms with Crippen molar-refractivity contribution in [1.82, 2.24) is 9.78 Å². The molecule has 1 aromatic heterocycles. The van der Waals surface area contributed by atoms with Gasteiger partial charge in [0.1, 0.15) is 0 Å². The van der Waals surface area contributed by atoms with Gasteiger partial charge >= 0.3 is 0 Å². The summed E-state index contributed by atoms with van der Waals surface area (Å²) in [4.78, 5) is 12.0. The van der Waals surface area contributed by atoms with Crippen LogP contribution in [-0.2, 0) is 32.9 Å². The number of hydrogen-bond donors (Lipinski definition) is 3. The standard InChI is InChI=1S/C20H21N5O5S2/c1-2-31(27,28)24-13-5-3-12-4-10-16-18(20(21)26)23-25(19(16)17(12)11-13)14-6-8-15(9-7-14)32(22,29)30/h3,5-9,11,24H,2,4,10H2,1H3,(H2,21,26)(H2,22,29,30). The normalized spacial score (nSPS) is 13.3. The van der Waals surface area contributed by atoms with Crippen LogP contribution in [0.5, 0.6) is 0 Å². The fourth-order valence-electron chi connectivity index (χ4n) is 3.72. The van der Waals surface area contributed by atoms with E-state index in [1.54, 1.807) is 12.1 Å². The monoisotopic (exact) mass is 475 g/mol. The number of primary sulfonamides is 1. The summed E-state index contributed by atoms with van der Waals surface area (Å²) in [6.45, 7) is 1.54. The first kappa shape index (κ1) is 22.0. The van der Waals surface area contributed by atoms with E-state index in [4.69, 9.17) is 10.9 Å². The molecule has 1 aliphatic carbocycles. The van der Waals surface area contributed by atoms with E-state index < -0.39 is 26.0 Å². The molecule has 0 unspecified atom stereocenters. The van der Waals surface area contributed by atoms with Gasteiger partial charge in [-0.05, 0) is 61.7 Å². The lowest BCUT2D eigenvalue weighted by Crippen LogP contribution is -2.16. The maximum Gasteiger partial charge on any atom is 0.269 e. The molecule has 0 saturated heterocycles. The Morgan fingerprint density at radius 3 is 2.38 bits per heavy atom. The number of sulfonamides is 2. The van der Waals surface area contributed by atoms with Crippen molar-refractivity contribution >= 4 is 31.6 Å². The Morgan fingerprint density at radius 1 is 1.09 bits per heavy atom. The minimum absolute atomic E-state index is 0.0611. The predicted molar refractivity (Wildman–Crippen MR) is 119 cm³/mol. The highest BCUT2D eigenvalue weighted by atomic mass is 32.2. The molecule has 0 saturated carbocycles. The summed E-state index contributed by atoms with van der Waals surface area (Å²) in [7, 11) is -7.35. The van der Waals surface area contributed by atoms with Gasteiger partial charge in [0.15, 0.2) is 5.69 Å². The van der Waals surface area contributed by atoms with Gasteiger partial charge in [0.05, 0.1) is 22.0 Å². The van der Waals surface area contributed by atoms with Gasteiger partial charge in [-0.3, -0.25) is 9.52 Å². The lowest BCUT2D eigenvalue weighted by atomic mass is 9.88. The Kier molecular flexibility index (Phi) is 5.31. The smallest absolute Gasteiger partial charge is 0.269 e. The maximum atomic E-state index is 12.1. The first-order chi connectivity index (χ1) is 15.0. The molecule has 1 aliphatic rings. The van der Waals surface area contributed by atoms with Gasteiger partial charge in [-0.1, -0.05) is 6.07 Å². The van der Waals surface area contributed by atoms with Crippen molar-refractivity contribution in [2.24, 2.45) is 10.9 Å². The van der Waals surface area contributed by atoms with Crippen molar-refractivity contribution in [3.63, 3.8) is 0 Å². The lowest BCUT2D eigenvalue weighted by Gasteiger charge is -2.20. The third-order valence-corrected chi connectivity index (χ3v) is 7.53. The summed E-state index contributed by atoms with van der Waals surface area (Å²) in [6.07, 6.45) is 1.15. The molecule has 0 spiro atoms. The molecular formula is C20H21N5O5S2. The average Bonchev–Trinajstić information content (AvgIpc) is 3.13. The van der Waals surface area contributed by atoms with E-state index in [0.29, 0.717) is 41.0 Å².